The largest absolute Gasteiger partial charge is 0.395 e. The highest BCUT2D eigenvalue weighted by atomic mass is 16.3. The van der Waals surface area contributed by atoms with E-state index in [1.54, 1.807) is 24.7 Å². The maximum absolute atomic E-state index is 9.21. The van der Waals surface area contributed by atoms with Crippen molar-refractivity contribution >= 4 is 22.7 Å². The minimum atomic E-state index is 0.0776. The van der Waals surface area contributed by atoms with Crippen molar-refractivity contribution in [1.29, 1.82) is 5.26 Å². The first-order chi connectivity index (χ1) is 14.7. The standard InChI is InChI=1S/C23H20N6O/c24-13-15-5-6-25-22(9-15)28-23-12-18(16-1-2-16)11-19(27-23)17-3-4-21-20(10-17)26-14-29(21)7-8-30/h3-6,9-12,14,16,30H,1-2,7-8H2,(H,25,27,28). The van der Waals surface area contributed by atoms with Crippen molar-refractivity contribution in [2.24, 2.45) is 0 Å². The molecule has 0 bridgehead atoms. The number of aliphatic hydroxyl groups excluding tert-OH is 1. The molecule has 4 aromatic rings. The highest BCUT2D eigenvalue weighted by Crippen LogP contribution is 2.42. The van der Waals surface area contributed by atoms with Gasteiger partial charge in [0.25, 0.3) is 0 Å². The first kappa shape index (κ1) is 18.3. The van der Waals surface area contributed by atoms with Crippen molar-refractivity contribution in [2.45, 2.75) is 25.3 Å². The molecule has 1 fully saturated rings. The van der Waals surface area contributed by atoms with Gasteiger partial charge in [-0.05, 0) is 60.7 Å². The molecule has 7 nitrogen and oxygen atoms in total. The van der Waals surface area contributed by atoms with E-state index in [2.05, 4.69) is 33.5 Å². The summed E-state index contributed by atoms with van der Waals surface area (Å²) >= 11 is 0. The van der Waals surface area contributed by atoms with Gasteiger partial charge in [-0.15, -0.1) is 0 Å². The van der Waals surface area contributed by atoms with E-state index in [1.807, 2.05) is 22.8 Å². The number of aromatic nitrogens is 4. The van der Waals surface area contributed by atoms with Gasteiger partial charge in [-0.3, -0.25) is 0 Å². The number of aliphatic hydroxyl groups is 1. The molecule has 0 atom stereocenters. The average Bonchev–Trinajstić information content (AvgIpc) is 3.55. The molecule has 1 aliphatic rings. The van der Waals surface area contributed by atoms with E-state index >= 15 is 0 Å². The number of hydrogen-bond donors (Lipinski definition) is 2. The highest BCUT2D eigenvalue weighted by Gasteiger charge is 2.25. The van der Waals surface area contributed by atoms with Crippen LogP contribution >= 0.6 is 0 Å². The lowest BCUT2D eigenvalue weighted by molar-refractivity contribution is 0.278. The van der Waals surface area contributed by atoms with Crippen LogP contribution in [0.1, 0.15) is 29.9 Å². The second kappa shape index (κ2) is 7.58. The van der Waals surface area contributed by atoms with E-state index in [-0.39, 0.29) is 6.61 Å². The fraction of sp³-hybridized carbons (Fsp3) is 0.217. The van der Waals surface area contributed by atoms with E-state index < -0.39 is 0 Å². The Morgan fingerprint density at radius 2 is 2.00 bits per heavy atom. The topological polar surface area (TPSA) is 99.7 Å². The van der Waals surface area contributed by atoms with E-state index in [4.69, 9.17) is 10.2 Å². The Morgan fingerprint density at radius 1 is 1.10 bits per heavy atom. The van der Waals surface area contributed by atoms with Crippen LogP contribution < -0.4 is 5.32 Å². The van der Waals surface area contributed by atoms with Gasteiger partial charge in [-0.2, -0.15) is 5.26 Å². The maximum Gasteiger partial charge on any atom is 0.132 e. The Kier molecular flexibility index (Phi) is 4.62. The summed E-state index contributed by atoms with van der Waals surface area (Å²) in [6.45, 7) is 0.600. The third-order valence-electron chi connectivity index (χ3n) is 5.30. The molecule has 0 saturated heterocycles. The van der Waals surface area contributed by atoms with Gasteiger partial charge in [0.1, 0.15) is 11.6 Å². The summed E-state index contributed by atoms with van der Waals surface area (Å²) in [5, 5.41) is 21.6. The van der Waals surface area contributed by atoms with Crippen LogP contribution in [0.15, 0.2) is 55.0 Å². The normalized spacial score (nSPS) is 13.3. The summed E-state index contributed by atoms with van der Waals surface area (Å²) in [5.74, 6) is 1.87. The number of rotatable bonds is 6. The van der Waals surface area contributed by atoms with Crippen molar-refractivity contribution in [2.75, 3.05) is 11.9 Å². The van der Waals surface area contributed by atoms with E-state index in [0.29, 0.717) is 29.7 Å². The Hall–Kier alpha value is -3.76. The molecule has 1 saturated carbocycles. The predicted octanol–water partition coefficient (Wildman–Crippen LogP) is 3.98. The number of benzene rings is 1. The maximum atomic E-state index is 9.21. The summed E-state index contributed by atoms with van der Waals surface area (Å²) in [4.78, 5) is 13.6. The fourth-order valence-electron chi connectivity index (χ4n) is 3.62. The molecule has 3 heterocycles. The molecule has 148 valence electrons. The van der Waals surface area contributed by atoms with Crippen LogP contribution in [-0.2, 0) is 6.54 Å². The molecule has 0 radical (unpaired) electrons. The van der Waals surface area contributed by atoms with Crippen molar-refractivity contribution in [3.05, 3.63) is 66.1 Å². The van der Waals surface area contributed by atoms with Gasteiger partial charge in [0.15, 0.2) is 0 Å². The van der Waals surface area contributed by atoms with E-state index in [1.165, 1.54) is 18.4 Å². The molecular formula is C23H20N6O. The van der Waals surface area contributed by atoms with Crippen molar-refractivity contribution in [3.63, 3.8) is 0 Å². The molecule has 30 heavy (non-hydrogen) atoms. The molecular weight excluding hydrogens is 376 g/mol. The molecule has 0 unspecified atom stereocenters. The first-order valence-corrected chi connectivity index (χ1v) is 9.95. The van der Waals surface area contributed by atoms with E-state index in [0.717, 1.165) is 22.3 Å². The second-order valence-electron chi connectivity index (χ2n) is 7.48. The Labute approximate surface area is 173 Å². The molecule has 5 rings (SSSR count). The Bertz CT molecular complexity index is 1270. The minimum absolute atomic E-state index is 0.0776. The van der Waals surface area contributed by atoms with Crippen LogP contribution in [0.2, 0.25) is 0 Å². The van der Waals surface area contributed by atoms with Crippen molar-refractivity contribution in [3.8, 4) is 17.3 Å². The van der Waals surface area contributed by atoms with Gasteiger partial charge in [0, 0.05) is 18.3 Å². The molecule has 0 amide bonds. The highest BCUT2D eigenvalue weighted by molar-refractivity contribution is 5.82. The zero-order valence-electron chi connectivity index (χ0n) is 16.3. The summed E-state index contributed by atoms with van der Waals surface area (Å²) in [6, 6.07) is 15.8. The number of imidazole rings is 1. The van der Waals surface area contributed by atoms with Crippen molar-refractivity contribution < 1.29 is 5.11 Å². The molecule has 7 heteroatoms. The summed E-state index contributed by atoms with van der Waals surface area (Å²) in [6.07, 6.45) is 5.74. The van der Waals surface area contributed by atoms with Crippen LogP contribution in [0.4, 0.5) is 11.6 Å². The molecule has 1 aliphatic carbocycles. The number of nitriles is 1. The number of hydrogen-bond acceptors (Lipinski definition) is 6. The van der Waals surface area contributed by atoms with Crippen LogP contribution in [-0.4, -0.2) is 31.2 Å². The first-order valence-electron chi connectivity index (χ1n) is 9.95. The SMILES string of the molecule is N#Cc1ccnc(Nc2cc(C3CC3)cc(-c3ccc4c(c3)ncn4CCO)n2)c1. The van der Waals surface area contributed by atoms with Gasteiger partial charge in [-0.1, -0.05) is 6.07 Å². The summed E-state index contributed by atoms with van der Waals surface area (Å²) in [5.41, 5.74) is 5.53. The third kappa shape index (κ3) is 3.61. The monoisotopic (exact) mass is 396 g/mol. The van der Waals surface area contributed by atoms with Crippen LogP contribution in [0, 0.1) is 11.3 Å². The van der Waals surface area contributed by atoms with Crippen molar-refractivity contribution in [1.82, 2.24) is 19.5 Å². The lowest BCUT2D eigenvalue weighted by Gasteiger charge is -2.11. The number of nitrogens with one attached hydrogen (secondary N) is 1. The lowest BCUT2D eigenvalue weighted by atomic mass is 10.1. The van der Waals surface area contributed by atoms with Gasteiger partial charge < -0.3 is 15.0 Å². The zero-order chi connectivity index (χ0) is 20.5. The van der Waals surface area contributed by atoms with Gasteiger partial charge >= 0.3 is 0 Å². The van der Waals surface area contributed by atoms with Gasteiger partial charge in [0.05, 0.1) is 41.3 Å². The minimum Gasteiger partial charge on any atom is -0.395 e. The molecule has 0 spiro atoms. The van der Waals surface area contributed by atoms with Gasteiger partial charge in [-0.25, -0.2) is 15.0 Å². The molecule has 2 N–H and O–H groups in total. The zero-order valence-corrected chi connectivity index (χ0v) is 16.3. The van der Waals surface area contributed by atoms with Gasteiger partial charge in [0.2, 0.25) is 0 Å². The second-order valence-corrected chi connectivity index (χ2v) is 7.48. The molecule has 3 aromatic heterocycles. The Morgan fingerprint density at radius 3 is 2.80 bits per heavy atom. The summed E-state index contributed by atoms with van der Waals surface area (Å²) < 4.78 is 1.94. The molecule has 0 aliphatic heterocycles. The van der Waals surface area contributed by atoms with Crippen LogP contribution in [0.3, 0.4) is 0 Å². The number of nitrogens with zero attached hydrogens (tertiary/aromatic N) is 5. The summed E-state index contributed by atoms with van der Waals surface area (Å²) in [7, 11) is 0. The number of fused-ring (bicyclic) bond motifs is 1. The lowest BCUT2D eigenvalue weighted by Crippen LogP contribution is -2.00. The Balaban J connectivity index is 1.53. The van der Waals surface area contributed by atoms with E-state index in [9.17, 15) is 5.11 Å². The van der Waals surface area contributed by atoms with Crippen LogP contribution in [0.25, 0.3) is 22.3 Å². The number of pyridine rings is 2. The smallest absolute Gasteiger partial charge is 0.132 e. The predicted molar refractivity (Wildman–Crippen MR) is 114 cm³/mol. The van der Waals surface area contributed by atoms with Crippen LogP contribution in [0.5, 0.6) is 0 Å². The average molecular weight is 396 g/mol. The molecule has 1 aromatic carbocycles. The third-order valence-corrected chi connectivity index (χ3v) is 5.30. The fourth-order valence-corrected chi connectivity index (χ4v) is 3.62. The quantitative estimate of drug-likeness (QED) is 0.511. The number of anilines is 2.